The Bertz CT molecular complexity index is 648. The Kier molecular flexibility index (Phi) is 5.64. The third-order valence-corrected chi connectivity index (χ3v) is 4.23. The van der Waals surface area contributed by atoms with Gasteiger partial charge in [-0.05, 0) is 24.8 Å². The van der Waals surface area contributed by atoms with Crippen LogP contribution in [0.1, 0.15) is 48.0 Å². The molecule has 1 aromatic carbocycles. The summed E-state index contributed by atoms with van der Waals surface area (Å²) in [4.78, 5) is 14.7. The number of hydrogen-bond acceptors (Lipinski definition) is 4. The molecular formula is C19H24N2O3. The predicted molar refractivity (Wildman–Crippen MR) is 90.7 cm³/mol. The number of hydrogen-bond donors (Lipinski definition) is 0. The monoisotopic (exact) mass is 328 g/mol. The van der Waals surface area contributed by atoms with Crippen molar-refractivity contribution in [3.63, 3.8) is 0 Å². The van der Waals surface area contributed by atoms with Crippen LogP contribution in [-0.2, 0) is 17.7 Å². The molecule has 1 atom stereocenters. The van der Waals surface area contributed by atoms with E-state index in [1.165, 1.54) is 0 Å². The molecule has 1 aliphatic rings. The zero-order valence-corrected chi connectivity index (χ0v) is 14.1. The fourth-order valence-electron chi connectivity index (χ4n) is 3.00. The maximum absolute atomic E-state index is 12.9. The summed E-state index contributed by atoms with van der Waals surface area (Å²) in [6.45, 7) is 3.99. The van der Waals surface area contributed by atoms with Crippen molar-refractivity contribution >= 4 is 5.91 Å². The topological polar surface area (TPSA) is 55.6 Å². The third kappa shape index (κ3) is 4.23. The van der Waals surface area contributed by atoms with Crippen molar-refractivity contribution in [2.75, 3.05) is 13.2 Å². The minimum absolute atomic E-state index is 0.0968. The lowest BCUT2D eigenvalue weighted by atomic mass is 10.1. The number of nitrogens with zero attached hydrogens (tertiary/aromatic N) is 2. The molecule has 0 unspecified atom stereocenters. The van der Waals surface area contributed by atoms with Gasteiger partial charge in [0.2, 0.25) is 0 Å². The van der Waals surface area contributed by atoms with Crippen molar-refractivity contribution in [3.05, 3.63) is 53.4 Å². The largest absolute Gasteiger partial charge is 0.376 e. The highest BCUT2D eigenvalue weighted by atomic mass is 16.5. The molecule has 1 aliphatic heterocycles. The van der Waals surface area contributed by atoms with Crippen molar-refractivity contribution in [2.45, 2.75) is 45.3 Å². The van der Waals surface area contributed by atoms with E-state index in [1.54, 1.807) is 6.07 Å². The van der Waals surface area contributed by atoms with E-state index in [4.69, 9.17) is 9.26 Å². The van der Waals surface area contributed by atoms with Crippen LogP contribution in [0.5, 0.6) is 0 Å². The molecule has 5 heteroatoms. The molecule has 2 heterocycles. The summed E-state index contributed by atoms with van der Waals surface area (Å²) in [6.07, 6.45) is 3.93. The van der Waals surface area contributed by atoms with Gasteiger partial charge in [0, 0.05) is 32.2 Å². The number of ether oxygens (including phenoxy) is 1. The molecule has 3 rings (SSSR count). The van der Waals surface area contributed by atoms with Gasteiger partial charge in [0.25, 0.3) is 5.91 Å². The summed E-state index contributed by atoms with van der Waals surface area (Å²) < 4.78 is 11.0. The molecule has 128 valence electrons. The molecule has 0 N–H and O–H groups in total. The quantitative estimate of drug-likeness (QED) is 0.781. The first-order valence-electron chi connectivity index (χ1n) is 8.66. The van der Waals surface area contributed by atoms with Crippen LogP contribution < -0.4 is 0 Å². The van der Waals surface area contributed by atoms with Crippen LogP contribution >= 0.6 is 0 Å². The van der Waals surface area contributed by atoms with Gasteiger partial charge in [-0.2, -0.15) is 0 Å². The Balaban J connectivity index is 1.75. The number of amides is 1. The van der Waals surface area contributed by atoms with Gasteiger partial charge in [-0.3, -0.25) is 4.79 Å². The molecule has 1 saturated heterocycles. The summed E-state index contributed by atoms with van der Waals surface area (Å²) in [5.41, 5.74) is 1.48. The summed E-state index contributed by atoms with van der Waals surface area (Å²) in [5, 5.41) is 3.96. The number of benzene rings is 1. The van der Waals surface area contributed by atoms with E-state index in [0.717, 1.165) is 43.6 Å². The minimum atomic E-state index is -0.0968. The standard InChI is InChI=1S/C19H24N2O3/c1-2-7-16-12-18(20-24-16)19(22)21(14-17-10-6-11-23-17)13-15-8-4-3-5-9-15/h3-5,8-9,12,17H,2,6-7,10-11,13-14H2,1H3/t17-/m1/s1. The molecular weight excluding hydrogens is 304 g/mol. The molecule has 0 aliphatic carbocycles. The average Bonchev–Trinajstić information content (AvgIpc) is 3.27. The van der Waals surface area contributed by atoms with Crippen molar-refractivity contribution in [3.8, 4) is 0 Å². The third-order valence-electron chi connectivity index (χ3n) is 4.23. The van der Waals surface area contributed by atoms with Gasteiger partial charge in [-0.1, -0.05) is 42.4 Å². The van der Waals surface area contributed by atoms with Gasteiger partial charge in [-0.15, -0.1) is 0 Å². The number of aryl methyl sites for hydroxylation is 1. The normalized spacial score (nSPS) is 17.1. The van der Waals surface area contributed by atoms with E-state index in [-0.39, 0.29) is 12.0 Å². The maximum Gasteiger partial charge on any atom is 0.276 e. The second-order valence-corrected chi connectivity index (χ2v) is 6.23. The Labute approximate surface area is 142 Å². The van der Waals surface area contributed by atoms with Crippen molar-refractivity contribution in [1.29, 1.82) is 0 Å². The van der Waals surface area contributed by atoms with Crippen LogP contribution in [0.25, 0.3) is 0 Å². The average molecular weight is 328 g/mol. The first-order valence-corrected chi connectivity index (χ1v) is 8.66. The summed E-state index contributed by atoms with van der Waals surface area (Å²) in [6, 6.07) is 11.8. The molecule has 1 aromatic heterocycles. The van der Waals surface area contributed by atoms with E-state index < -0.39 is 0 Å². The SMILES string of the molecule is CCCc1cc(C(=O)N(Cc2ccccc2)C[C@H]2CCCO2)no1. The molecule has 0 saturated carbocycles. The zero-order chi connectivity index (χ0) is 16.8. The number of carbonyl (C=O) groups excluding carboxylic acids is 1. The molecule has 1 amide bonds. The van der Waals surface area contributed by atoms with Crippen molar-refractivity contribution < 1.29 is 14.1 Å². The van der Waals surface area contributed by atoms with Gasteiger partial charge >= 0.3 is 0 Å². The van der Waals surface area contributed by atoms with Gasteiger partial charge < -0.3 is 14.2 Å². The fraction of sp³-hybridized carbons (Fsp3) is 0.474. The van der Waals surface area contributed by atoms with Crippen LogP contribution in [-0.4, -0.2) is 35.2 Å². The summed E-state index contributed by atoms with van der Waals surface area (Å²) in [7, 11) is 0. The van der Waals surface area contributed by atoms with E-state index in [9.17, 15) is 4.79 Å². The van der Waals surface area contributed by atoms with E-state index in [1.807, 2.05) is 35.2 Å². The van der Waals surface area contributed by atoms with Crippen LogP contribution in [0.2, 0.25) is 0 Å². The highest BCUT2D eigenvalue weighted by molar-refractivity contribution is 5.92. The first kappa shape index (κ1) is 16.7. The van der Waals surface area contributed by atoms with Crippen LogP contribution in [0, 0.1) is 0 Å². The Morgan fingerprint density at radius 3 is 2.88 bits per heavy atom. The van der Waals surface area contributed by atoms with E-state index >= 15 is 0 Å². The minimum Gasteiger partial charge on any atom is -0.376 e. The van der Waals surface area contributed by atoms with E-state index in [0.29, 0.717) is 18.8 Å². The summed E-state index contributed by atoms with van der Waals surface area (Å²) >= 11 is 0. The number of rotatable bonds is 7. The van der Waals surface area contributed by atoms with Crippen LogP contribution in [0.3, 0.4) is 0 Å². The lowest BCUT2D eigenvalue weighted by Crippen LogP contribution is -2.37. The number of aromatic nitrogens is 1. The van der Waals surface area contributed by atoms with Crippen molar-refractivity contribution in [1.82, 2.24) is 10.1 Å². The van der Waals surface area contributed by atoms with Gasteiger partial charge in [0.15, 0.2) is 5.69 Å². The Morgan fingerprint density at radius 2 is 2.17 bits per heavy atom. The van der Waals surface area contributed by atoms with Crippen LogP contribution in [0.4, 0.5) is 0 Å². The highest BCUT2D eigenvalue weighted by Crippen LogP contribution is 2.17. The maximum atomic E-state index is 12.9. The zero-order valence-electron chi connectivity index (χ0n) is 14.1. The Hall–Kier alpha value is -2.14. The number of carbonyl (C=O) groups is 1. The molecule has 1 fully saturated rings. The molecule has 2 aromatic rings. The smallest absolute Gasteiger partial charge is 0.276 e. The lowest BCUT2D eigenvalue weighted by molar-refractivity contribution is 0.0499. The predicted octanol–water partition coefficient (Wildman–Crippen LogP) is 3.45. The van der Waals surface area contributed by atoms with E-state index in [2.05, 4.69) is 12.1 Å². The molecule has 0 radical (unpaired) electrons. The second-order valence-electron chi connectivity index (χ2n) is 6.23. The Morgan fingerprint density at radius 1 is 1.33 bits per heavy atom. The fourth-order valence-corrected chi connectivity index (χ4v) is 3.00. The van der Waals surface area contributed by atoms with Gasteiger partial charge in [0.05, 0.1) is 6.10 Å². The first-order chi connectivity index (χ1) is 11.8. The lowest BCUT2D eigenvalue weighted by Gasteiger charge is -2.24. The molecule has 0 bridgehead atoms. The highest BCUT2D eigenvalue weighted by Gasteiger charge is 2.25. The summed E-state index contributed by atoms with van der Waals surface area (Å²) in [5.74, 6) is 0.665. The van der Waals surface area contributed by atoms with Crippen LogP contribution in [0.15, 0.2) is 40.9 Å². The molecule has 0 spiro atoms. The van der Waals surface area contributed by atoms with Gasteiger partial charge in [0.1, 0.15) is 5.76 Å². The molecule has 24 heavy (non-hydrogen) atoms. The molecule has 5 nitrogen and oxygen atoms in total. The second kappa shape index (κ2) is 8.11. The van der Waals surface area contributed by atoms with Crippen molar-refractivity contribution in [2.24, 2.45) is 0 Å². The van der Waals surface area contributed by atoms with Gasteiger partial charge in [-0.25, -0.2) is 0 Å².